The van der Waals surface area contributed by atoms with E-state index in [9.17, 15) is 4.79 Å². The summed E-state index contributed by atoms with van der Waals surface area (Å²) >= 11 is 0. The zero-order chi connectivity index (χ0) is 13.9. The molecule has 0 amide bonds. The van der Waals surface area contributed by atoms with Gasteiger partial charge in [-0.15, -0.1) is 0 Å². The van der Waals surface area contributed by atoms with Gasteiger partial charge in [-0.25, -0.2) is 0 Å². The van der Waals surface area contributed by atoms with E-state index in [1.807, 2.05) is 13.2 Å². The van der Waals surface area contributed by atoms with Crippen molar-refractivity contribution in [2.45, 2.75) is 0 Å². The summed E-state index contributed by atoms with van der Waals surface area (Å²) in [5, 5.41) is 4.04. The summed E-state index contributed by atoms with van der Waals surface area (Å²) in [5.74, 6) is 1.23. The van der Waals surface area contributed by atoms with Gasteiger partial charge in [-0.2, -0.15) is 5.10 Å². The van der Waals surface area contributed by atoms with Gasteiger partial charge in [0.05, 0.1) is 6.20 Å². The van der Waals surface area contributed by atoms with Crippen LogP contribution in [0.2, 0.25) is 0 Å². The predicted octanol–water partition coefficient (Wildman–Crippen LogP) is 2.09. The number of ether oxygens (including phenoxy) is 2. The average Bonchev–Trinajstić information content (AvgIpc) is 2.90. The lowest BCUT2D eigenvalue weighted by Crippen LogP contribution is -2.15. The molecule has 0 N–H and O–H groups in total. The Morgan fingerprint density at radius 1 is 1.30 bits per heavy atom. The standard InChI is InChI=1S/C15H14N2O3/c1-17-10-11(9-16-17)2-4-13(18)12-3-5-14-15(8-12)20-7-6-19-14/h2-5,8-10H,6-7H2,1H3. The van der Waals surface area contributed by atoms with E-state index < -0.39 is 0 Å². The maximum absolute atomic E-state index is 12.1. The molecule has 0 bridgehead atoms. The highest BCUT2D eigenvalue weighted by Crippen LogP contribution is 2.30. The molecule has 0 radical (unpaired) electrons. The molecule has 0 atom stereocenters. The highest BCUT2D eigenvalue weighted by Gasteiger charge is 2.13. The zero-order valence-corrected chi connectivity index (χ0v) is 11.1. The molecule has 2 heterocycles. The van der Waals surface area contributed by atoms with Crippen molar-refractivity contribution in [3.05, 3.63) is 47.8 Å². The average molecular weight is 270 g/mol. The third-order valence-corrected chi connectivity index (χ3v) is 2.98. The molecule has 0 spiro atoms. The monoisotopic (exact) mass is 270 g/mol. The van der Waals surface area contributed by atoms with Crippen LogP contribution in [-0.4, -0.2) is 28.8 Å². The van der Waals surface area contributed by atoms with Crippen molar-refractivity contribution in [1.82, 2.24) is 9.78 Å². The number of ketones is 1. The summed E-state index contributed by atoms with van der Waals surface area (Å²) in [5.41, 5.74) is 1.47. The molecule has 0 saturated heterocycles. The second kappa shape index (κ2) is 5.21. The summed E-state index contributed by atoms with van der Waals surface area (Å²) in [6.45, 7) is 1.05. The van der Waals surface area contributed by atoms with Crippen LogP contribution in [0.1, 0.15) is 15.9 Å². The van der Waals surface area contributed by atoms with E-state index in [1.165, 1.54) is 6.08 Å². The zero-order valence-electron chi connectivity index (χ0n) is 11.1. The van der Waals surface area contributed by atoms with Crippen molar-refractivity contribution in [3.8, 4) is 11.5 Å². The minimum atomic E-state index is -0.0779. The fourth-order valence-corrected chi connectivity index (χ4v) is 1.99. The Bertz CT molecular complexity index is 674. The quantitative estimate of drug-likeness (QED) is 0.633. The summed E-state index contributed by atoms with van der Waals surface area (Å²) in [7, 11) is 1.83. The molecule has 0 fully saturated rings. The third-order valence-electron chi connectivity index (χ3n) is 2.98. The van der Waals surface area contributed by atoms with Crippen LogP contribution in [0.3, 0.4) is 0 Å². The van der Waals surface area contributed by atoms with Crippen molar-refractivity contribution < 1.29 is 14.3 Å². The van der Waals surface area contributed by atoms with Gasteiger partial charge in [0.15, 0.2) is 17.3 Å². The van der Waals surface area contributed by atoms with E-state index in [1.54, 1.807) is 35.2 Å². The third kappa shape index (κ3) is 2.56. The number of nitrogens with zero attached hydrogens (tertiary/aromatic N) is 2. The summed E-state index contributed by atoms with van der Waals surface area (Å²) in [6.07, 6.45) is 6.82. The fourth-order valence-electron chi connectivity index (χ4n) is 1.99. The second-order valence-corrected chi connectivity index (χ2v) is 4.50. The maximum atomic E-state index is 12.1. The number of carbonyl (C=O) groups excluding carboxylic acids is 1. The predicted molar refractivity (Wildman–Crippen MR) is 74.0 cm³/mol. The summed E-state index contributed by atoms with van der Waals surface area (Å²) < 4.78 is 12.6. The molecule has 102 valence electrons. The molecule has 0 saturated carbocycles. The van der Waals surface area contributed by atoms with Gasteiger partial charge in [-0.1, -0.05) is 0 Å². The normalized spacial score (nSPS) is 13.7. The number of fused-ring (bicyclic) bond motifs is 1. The molecular formula is C15H14N2O3. The number of benzene rings is 1. The van der Waals surface area contributed by atoms with Gasteiger partial charge in [0.2, 0.25) is 0 Å². The number of rotatable bonds is 3. The van der Waals surface area contributed by atoms with Gasteiger partial charge >= 0.3 is 0 Å². The first-order chi connectivity index (χ1) is 9.72. The first kappa shape index (κ1) is 12.5. The smallest absolute Gasteiger partial charge is 0.185 e. The molecule has 5 nitrogen and oxygen atoms in total. The van der Waals surface area contributed by atoms with Gasteiger partial charge in [-0.05, 0) is 30.4 Å². The van der Waals surface area contributed by atoms with E-state index in [4.69, 9.17) is 9.47 Å². The molecular weight excluding hydrogens is 256 g/mol. The van der Waals surface area contributed by atoms with E-state index in [-0.39, 0.29) is 5.78 Å². The Morgan fingerprint density at radius 2 is 2.10 bits per heavy atom. The lowest BCUT2D eigenvalue weighted by molar-refractivity contribution is 0.104. The highest BCUT2D eigenvalue weighted by molar-refractivity contribution is 6.07. The van der Waals surface area contributed by atoms with Crippen LogP contribution in [0, 0.1) is 0 Å². The Labute approximate surface area is 116 Å². The molecule has 1 aromatic heterocycles. The highest BCUT2D eigenvalue weighted by atomic mass is 16.6. The Hall–Kier alpha value is -2.56. The van der Waals surface area contributed by atoms with Crippen molar-refractivity contribution in [2.75, 3.05) is 13.2 Å². The van der Waals surface area contributed by atoms with E-state index in [2.05, 4.69) is 5.10 Å². The molecule has 3 rings (SSSR count). The molecule has 5 heteroatoms. The van der Waals surface area contributed by atoms with E-state index in [0.29, 0.717) is 30.3 Å². The van der Waals surface area contributed by atoms with Crippen molar-refractivity contribution in [3.63, 3.8) is 0 Å². The molecule has 20 heavy (non-hydrogen) atoms. The molecule has 0 aliphatic carbocycles. The van der Waals surface area contributed by atoms with Crippen molar-refractivity contribution in [2.24, 2.45) is 7.05 Å². The van der Waals surface area contributed by atoms with Crippen LogP contribution in [0.25, 0.3) is 6.08 Å². The number of aromatic nitrogens is 2. The van der Waals surface area contributed by atoms with E-state index >= 15 is 0 Å². The first-order valence-electron chi connectivity index (χ1n) is 6.33. The van der Waals surface area contributed by atoms with Crippen LogP contribution < -0.4 is 9.47 Å². The fraction of sp³-hybridized carbons (Fsp3) is 0.200. The topological polar surface area (TPSA) is 53.4 Å². The minimum absolute atomic E-state index is 0.0779. The van der Waals surface area contributed by atoms with Gasteiger partial charge in [0.25, 0.3) is 0 Å². The lowest BCUT2D eigenvalue weighted by Gasteiger charge is -2.18. The second-order valence-electron chi connectivity index (χ2n) is 4.50. The van der Waals surface area contributed by atoms with Crippen LogP contribution in [-0.2, 0) is 7.05 Å². The first-order valence-corrected chi connectivity index (χ1v) is 6.33. The lowest BCUT2D eigenvalue weighted by atomic mass is 10.1. The molecule has 1 aromatic carbocycles. The Morgan fingerprint density at radius 3 is 2.85 bits per heavy atom. The van der Waals surface area contributed by atoms with Crippen molar-refractivity contribution >= 4 is 11.9 Å². The Balaban J connectivity index is 1.78. The number of allylic oxidation sites excluding steroid dienone is 1. The van der Waals surface area contributed by atoms with Crippen LogP contribution >= 0.6 is 0 Å². The summed E-state index contributed by atoms with van der Waals surface area (Å²) in [4.78, 5) is 12.1. The SMILES string of the molecule is Cn1cc(C=CC(=O)c2ccc3c(c2)OCCO3)cn1. The van der Waals surface area contributed by atoms with Crippen LogP contribution in [0.15, 0.2) is 36.7 Å². The molecule has 0 unspecified atom stereocenters. The van der Waals surface area contributed by atoms with E-state index in [0.717, 1.165) is 5.56 Å². The van der Waals surface area contributed by atoms with Gasteiger partial charge in [0, 0.05) is 24.4 Å². The van der Waals surface area contributed by atoms with Crippen molar-refractivity contribution in [1.29, 1.82) is 0 Å². The van der Waals surface area contributed by atoms with Gasteiger partial charge in [-0.3, -0.25) is 9.48 Å². The molecule has 2 aromatic rings. The maximum Gasteiger partial charge on any atom is 0.185 e. The van der Waals surface area contributed by atoms with Crippen LogP contribution in [0.4, 0.5) is 0 Å². The van der Waals surface area contributed by atoms with Gasteiger partial charge < -0.3 is 9.47 Å². The number of hydrogen-bond donors (Lipinski definition) is 0. The van der Waals surface area contributed by atoms with Gasteiger partial charge in [0.1, 0.15) is 13.2 Å². The molecule has 1 aliphatic heterocycles. The number of aryl methyl sites for hydroxylation is 1. The molecule has 1 aliphatic rings. The summed E-state index contributed by atoms with van der Waals surface area (Å²) in [6, 6.07) is 5.22. The number of carbonyl (C=O) groups is 1. The Kier molecular flexibility index (Phi) is 3.25. The van der Waals surface area contributed by atoms with Crippen LogP contribution in [0.5, 0.6) is 11.5 Å². The minimum Gasteiger partial charge on any atom is -0.486 e. The number of hydrogen-bond acceptors (Lipinski definition) is 4. The largest absolute Gasteiger partial charge is 0.486 e.